The van der Waals surface area contributed by atoms with Crippen LogP contribution in [0, 0.1) is 0 Å². The number of hydrogen-bond acceptors (Lipinski definition) is 2. The summed E-state index contributed by atoms with van der Waals surface area (Å²) in [6.07, 6.45) is 1.79. The van der Waals surface area contributed by atoms with Crippen molar-refractivity contribution in [1.29, 1.82) is 0 Å². The zero-order chi connectivity index (χ0) is 16.3. The smallest absolute Gasteiger partial charge is 0.249 e. The third kappa shape index (κ3) is 3.54. The molecule has 0 aliphatic heterocycles. The molecule has 0 saturated heterocycles. The Morgan fingerprint density at radius 2 is 1.61 bits per heavy atom. The predicted octanol–water partition coefficient (Wildman–Crippen LogP) is 2.76. The van der Waals surface area contributed by atoms with E-state index in [0.29, 0.717) is 5.02 Å². The van der Waals surface area contributed by atoms with Crippen LogP contribution in [0.15, 0.2) is 54.6 Å². The Morgan fingerprint density at radius 1 is 0.957 bits per heavy atom. The molecule has 0 bridgehead atoms. The molecule has 5 heteroatoms. The third-order valence-electron chi connectivity index (χ3n) is 4.10. The first kappa shape index (κ1) is 15.6. The fraction of sp³-hybridized carbons (Fsp3) is 0.222. The summed E-state index contributed by atoms with van der Waals surface area (Å²) < 4.78 is 0. The minimum Gasteiger partial charge on any atom is -0.273 e. The average Bonchev–Trinajstić information content (AvgIpc) is 3.37. The van der Waals surface area contributed by atoms with Gasteiger partial charge in [0.05, 0.1) is 11.8 Å². The number of halogens is 1. The largest absolute Gasteiger partial charge is 0.273 e. The number of benzene rings is 2. The van der Waals surface area contributed by atoms with Crippen molar-refractivity contribution < 1.29 is 9.59 Å². The summed E-state index contributed by atoms with van der Waals surface area (Å²) in [5, 5.41) is 0.626. The molecule has 1 aliphatic rings. The number of rotatable bonds is 4. The molecule has 0 radical (unpaired) electrons. The van der Waals surface area contributed by atoms with Gasteiger partial charge < -0.3 is 0 Å². The van der Waals surface area contributed by atoms with Crippen molar-refractivity contribution >= 4 is 23.4 Å². The highest BCUT2D eigenvalue weighted by atomic mass is 35.5. The van der Waals surface area contributed by atoms with Crippen LogP contribution in [-0.4, -0.2) is 11.8 Å². The maximum absolute atomic E-state index is 12.4. The standard InChI is InChI=1S/C18H17ClN2O2/c19-15-8-6-13(7-9-15)12-16(22)20-21-17(23)18(10-11-18)14-4-2-1-3-5-14/h1-9H,10-12H2,(H,20,22)(H,21,23). The van der Waals surface area contributed by atoms with Crippen LogP contribution in [0.4, 0.5) is 0 Å². The van der Waals surface area contributed by atoms with E-state index in [2.05, 4.69) is 10.9 Å². The lowest BCUT2D eigenvalue weighted by Crippen LogP contribution is -2.47. The molecule has 2 amide bonds. The fourth-order valence-electron chi connectivity index (χ4n) is 2.61. The van der Waals surface area contributed by atoms with E-state index < -0.39 is 5.41 Å². The first-order chi connectivity index (χ1) is 11.1. The number of amides is 2. The zero-order valence-corrected chi connectivity index (χ0v) is 13.3. The molecule has 2 aromatic carbocycles. The number of hydrazine groups is 1. The van der Waals surface area contributed by atoms with Gasteiger partial charge in [-0.2, -0.15) is 0 Å². The maximum Gasteiger partial charge on any atom is 0.249 e. The Kier molecular flexibility index (Phi) is 4.35. The second-order valence-corrected chi connectivity index (χ2v) is 6.19. The van der Waals surface area contributed by atoms with Crippen molar-refractivity contribution in [2.75, 3.05) is 0 Å². The van der Waals surface area contributed by atoms with Crippen LogP contribution in [0.5, 0.6) is 0 Å². The molecule has 0 heterocycles. The summed E-state index contributed by atoms with van der Waals surface area (Å²) in [7, 11) is 0. The Bertz CT molecular complexity index is 710. The Morgan fingerprint density at radius 3 is 2.22 bits per heavy atom. The van der Waals surface area contributed by atoms with E-state index in [-0.39, 0.29) is 18.2 Å². The number of hydrogen-bond donors (Lipinski definition) is 2. The predicted molar refractivity (Wildman–Crippen MR) is 88.8 cm³/mol. The van der Waals surface area contributed by atoms with Crippen molar-refractivity contribution in [2.24, 2.45) is 0 Å². The molecule has 0 atom stereocenters. The average molecular weight is 329 g/mol. The van der Waals surface area contributed by atoms with E-state index >= 15 is 0 Å². The highest BCUT2D eigenvalue weighted by molar-refractivity contribution is 6.30. The lowest BCUT2D eigenvalue weighted by molar-refractivity contribution is -0.130. The molecule has 118 valence electrons. The lowest BCUT2D eigenvalue weighted by Gasteiger charge is -2.16. The minimum atomic E-state index is -0.491. The molecule has 1 fully saturated rings. The number of carbonyl (C=O) groups excluding carboxylic acids is 2. The van der Waals surface area contributed by atoms with Crippen LogP contribution < -0.4 is 10.9 Å². The van der Waals surface area contributed by atoms with Gasteiger partial charge in [0, 0.05) is 5.02 Å². The summed E-state index contributed by atoms with van der Waals surface area (Å²) >= 11 is 5.81. The van der Waals surface area contributed by atoms with E-state index in [0.717, 1.165) is 24.0 Å². The SMILES string of the molecule is O=C(Cc1ccc(Cl)cc1)NNC(=O)C1(c2ccccc2)CC1. The van der Waals surface area contributed by atoms with Gasteiger partial charge in [-0.1, -0.05) is 54.1 Å². The molecule has 1 aliphatic carbocycles. The first-order valence-electron chi connectivity index (χ1n) is 7.49. The third-order valence-corrected chi connectivity index (χ3v) is 4.36. The van der Waals surface area contributed by atoms with E-state index in [4.69, 9.17) is 11.6 Å². The van der Waals surface area contributed by atoms with Crippen molar-refractivity contribution in [1.82, 2.24) is 10.9 Å². The normalized spacial score (nSPS) is 14.8. The maximum atomic E-state index is 12.4. The van der Waals surface area contributed by atoms with Gasteiger partial charge in [-0.15, -0.1) is 0 Å². The van der Waals surface area contributed by atoms with Crippen LogP contribution in [0.2, 0.25) is 5.02 Å². The van der Waals surface area contributed by atoms with E-state index in [1.54, 1.807) is 24.3 Å². The lowest BCUT2D eigenvalue weighted by atomic mass is 9.95. The van der Waals surface area contributed by atoms with Crippen molar-refractivity contribution in [3.8, 4) is 0 Å². The van der Waals surface area contributed by atoms with Crippen molar-refractivity contribution in [2.45, 2.75) is 24.7 Å². The first-order valence-corrected chi connectivity index (χ1v) is 7.87. The van der Waals surface area contributed by atoms with E-state index in [1.165, 1.54) is 0 Å². The van der Waals surface area contributed by atoms with Gasteiger partial charge in [0.1, 0.15) is 0 Å². The number of nitrogens with one attached hydrogen (secondary N) is 2. The van der Waals surface area contributed by atoms with E-state index in [9.17, 15) is 9.59 Å². The van der Waals surface area contributed by atoms with Gasteiger partial charge in [0.25, 0.3) is 0 Å². The van der Waals surface area contributed by atoms with Gasteiger partial charge in [-0.05, 0) is 36.1 Å². The Hall–Kier alpha value is -2.33. The van der Waals surface area contributed by atoms with Gasteiger partial charge >= 0.3 is 0 Å². The summed E-state index contributed by atoms with van der Waals surface area (Å²) in [6, 6.07) is 16.7. The highest BCUT2D eigenvalue weighted by Crippen LogP contribution is 2.48. The van der Waals surface area contributed by atoms with E-state index in [1.807, 2.05) is 30.3 Å². The topological polar surface area (TPSA) is 58.2 Å². The zero-order valence-electron chi connectivity index (χ0n) is 12.5. The molecule has 2 N–H and O–H groups in total. The van der Waals surface area contributed by atoms with Crippen molar-refractivity contribution in [3.63, 3.8) is 0 Å². The molecule has 3 rings (SSSR count). The van der Waals surface area contributed by atoms with Crippen LogP contribution in [0.25, 0.3) is 0 Å². The van der Waals surface area contributed by atoms with Crippen LogP contribution in [0.3, 0.4) is 0 Å². The van der Waals surface area contributed by atoms with Crippen molar-refractivity contribution in [3.05, 3.63) is 70.7 Å². The molecular formula is C18H17ClN2O2. The van der Waals surface area contributed by atoms with Gasteiger partial charge in [-0.25, -0.2) is 0 Å². The molecule has 1 saturated carbocycles. The summed E-state index contributed by atoms with van der Waals surface area (Å²) in [6.45, 7) is 0. The van der Waals surface area contributed by atoms with Gasteiger partial charge in [-0.3, -0.25) is 20.4 Å². The molecule has 4 nitrogen and oxygen atoms in total. The highest BCUT2D eigenvalue weighted by Gasteiger charge is 2.51. The van der Waals surface area contributed by atoms with Crippen LogP contribution in [-0.2, 0) is 21.4 Å². The molecule has 0 unspecified atom stereocenters. The summed E-state index contributed by atoms with van der Waals surface area (Å²) in [4.78, 5) is 24.3. The molecular weight excluding hydrogens is 312 g/mol. The summed E-state index contributed by atoms with van der Waals surface area (Å²) in [5.41, 5.74) is 6.38. The van der Waals surface area contributed by atoms with Crippen LogP contribution in [0.1, 0.15) is 24.0 Å². The summed E-state index contributed by atoms with van der Waals surface area (Å²) in [5.74, 6) is -0.419. The molecule has 23 heavy (non-hydrogen) atoms. The van der Waals surface area contributed by atoms with Gasteiger partial charge in [0.15, 0.2) is 0 Å². The Labute approximate surface area is 139 Å². The second-order valence-electron chi connectivity index (χ2n) is 5.75. The van der Waals surface area contributed by atoms with Crippen LogP contribution >= 0.6 is 11.6 Å². The minimum absolute atomic E-state index is 0.159. The van der Waals surface area contributed by atoms with Gasteiger partial charge in [0.2, 0.25) is 11.8 Å². The fourth-order valence-corrected chi connectivity index (χ4v) is 2.73. The molecule has 2 aromatic rings. The molecule has 0 spiro atoms. The number of carbonyl (C=O) groups is 2. The monoisotopic (exact) mass is 328 g/mol. The molecule has 0 aromatic heterocycles. The second kappa shape index (κ2) is 6.42. The Balaban J connectivity index is 1.55. The quantitative estimate of drug-likeness (QED) is 0.848.